The van der Waals surface area contributed by atoms with Crippen LogP contribution in [0.15, 0.2) is 0 Å². The standard InChI is InChI=1S/C14H27NO/c1-5-10-14(3,4)11-15(13(16)6-2)12-8-7-9-12/h12H,5-11H2,1-4H3. The number of hydrogen-bond donors (Lipinski definition) is 0. The summed E-state index contributed by atoms with van der Waals surface area (Å²) >= 11 is 0. The lowest BCUT2D eigenvalue weighted by Gasteiger charge is -2.42. The van der Waals surface area contributed by atoms with Gasteiger partial charge in [-0.15, -0.1) is 0 Å². The van der Waals surface area contributed by atoms with Gasteiger partial charge in [-0.2, -0.15) is 0 Å². The highest BCUT2D eigenvalue weighted by Gasteiger charge is 2.31. The van der Waals surface area contributed by atoms with Crippen LogP contribution in [0, 0.1) is 5.41 Å². The summed E-state index contributed by atoms with van der Waals surface area (Å²) in [4.78, 5) is 14.1. The van der Waals surface area contributed by atoms with Crippen molar-refractivity contribution < 1.29 is 4.79 Å². The minimum Gasteiger partial charge on any atom is -0.339 e. The van der Waals surface area contributed by atoms with E-state index in [-0.39, 0.29) is 5.41 Å². The first-order valence-corrected chi connectivity index (χ1v) is 6.79. The minimum atomic E-state index is 0.273. The van der Waals surface area contributed by atoms with Crippen LogP contribution in [0.3, 0.4) is 0 Å². The van der Waals surface area contributed by atoms with Gasteiger partial charge in [-0.05, 0) is 31.1 Å². The highest BCUT2D eigenvalue weighted by molar-refractivity contribution is 5.76. The molecule has 0 N–H and O–H groups in total. The second-order valence-electron chi connectivity index (χ2n) is 5.87. The van der Waals surface area contributed by atoms with Gasteiger partial charge in [0.25, 0.3) is 0 Å². The molecule has 0 heterocycles. The quantitative estimate of drug-likeness (QED) is 0.676. The highest BCUT2D eigenvalue weighted by Crippen LogP contribution is 2.31. The van der Waals surface area contributed by atoms with Crippen molar-refractivity contribution in [3.8, 4) is 0 Å². The van der Waals surface area contributed by atoms with E-state index < -0.39 is 0 Å². The van der Waals surface area contributed by atoms with Crippen molar-refractivity contribution in [2.75, 3.05) is 6.54 Å². The zero-order valence-corrected chi connectivity index (χ0v) is 11.4. The molecular formula is C14H27NO. The van der Waals surface area contributed by atoms with Crippen molar-refractivity contribution in [2.24, 2.45) is 5.41 Å². The maximum atomic E-state index is 12.0. The second-order valence-corrected chi connectivity index (χ2v) is 5.87. The van der Waals surface area contributed by atoms with E-state index >= 15 is 0 Å². The summed E-state index contributed by atoms with van der Waals surface area (Å²) < 4.78 is 0. The number of nitrogens with zero attached hydrogens (tertiary/aromatic N) is 1. The van der Waals surface area contributed by atoms with Crippen LogP contribution in [0.4, 0.5) is 0 Å². The lowest BCUT2D eigenvalue weighted by molar-refractivity contribution is -0.136. The number of rotatable bonds is 6. The molecule has 1 saturated carbocycles. The first-order valence-electron chi connectivity index (χ1n) is 6.79. The predicted octanol–water partition coefficient (Wildman–Crippen LogP) is 3.60. The molecule has 0 spiro atoms. The van der Waals surface area contributed by atoms with Crippen LogP contribution < -0.4 is 0 Å². The maximum Gasteiger partial charge on any atom is 0.222 e. The summed E-state index contributed by atoms with van der Waals surface area (Å²) in [6.07, 6.45) is 6.78. The molecule has 1 rings (SSSR count). The summed E-state index contributed by atoms with van der Waals surface area (Å²) in [6, 6.07) is 0.545. The van der Waals surface area contributed by atoms with Crippen LogP contribution in [0.2, 0.25) is 0 Å². The summed E-state index contributed by atoms with van der Waals surface area (Å²) in [5.74, 6) is 0.342. The van der Waals surface area contributed by atoms with Gasteiger partial charge in [-0.1, -0.05) is 34.1 Å². The molecular weight excluding hydrogens is 198 g/mol. The molecule has 1 amide bonds. The third kappa shape index (κ3) is 3.50. The first kappa shape index (κ1) is 13.5. The SMILES string of the molecule is CCCC(C)(C)CN(C(=O)CC)C1CCC1. The van der Waals surface area contributed by atoms with E-state index in [9.17, 15) is 4.79 Å². The first-order chi connectivity index (χ1) is 7.50. The Bertz CT molecular complexity index is 231. The average molecular weight is 225 g/mol. The van der Waals surface area contributed by atoms with Gasteiger partial charge in [-0.25, -0.2) is 0 Å². The molecule has 0 aliphatic heterocycles. The summed E-state index contributed by atoms with van der Waals surface area (Å²) in [5.41, 5.74) is 0.273. The van der Waals surface area contributed by atoms with Gasteiger partial charge in [0.2, 0.25) is 5.91 Å². The number of carbonyl (C=O) groups excluding carboxylic acids is 1. The molecule has 0 unspecified atom stereocenters. The molecule has 1 aliphatic rings. The fourth-order valence-corrected chi connectivity index (χ4v) is 2.54. The molecule has 2 heteroatoms. The Labute approximate surface area is 100 Å². The van der Waals surface area contributed by atoms with Crippen molar-refractivity contribution in [3.05, 3.63) is 0 Å². The maximum absolute atomic E-state index is 12.0. The normalized spacial score (nSPS) is 17.0. The van der Waals surface area contributed by atoms with Gasteiger partial charge in [0.15, 0.2) is 0 Å². The van der Waals surface area contributed by atoms with E-state index in [0.717, 1.165) is 6.54 Å². The second kappa shape index (κ2) is 5.70. The van der Waals surface area contributed by atoms with Crippen LogP contribution in [0.1, 0.15) is 66.2 Å². The van der Waals surface area contributed by atoms with Crippen LogP contribution in [-0.4, -0.2) is 23.4 Å². The lowest BCUT2D eigenvalue weighted by atomic mass is 9.84. The van der Waals surface area contributed by atoms with E-state index in [1.165, 1.54) is 32.1 Å². The van der Waals surface area contributed by atoms with Crippen molar-refractivity contribution in [1.82, 2.24) is 4.90 Å². The smallest absolute Gasteiger partial charge is 0.222 e. The number of amides is 1. The zero-order chi connectivity index (χ0) is 12.2. The number of carbonyl (C=O) groups is 1. The van der Waals surface area contributed by atoms with Crippen LogP contribution in [-0.2, 0) is 4.79 Å². The summed E-state index contributed by atoms with van der Waals surface area (Å²) in [7, 11) is 0. The van der Waals surface area contributed by atoms with Crippen molar-refractivity contribution in [3.63, 3.8) is 0 Å². The van der Waals surface area contributed by atoms with Crippen LogP contribution in [0.25, 0.3) is 0 Å². The lowest BCUT2D eigenvalue weighted by Crippen LogP contribution is -2.48. The predicted molar refractivity (Wildman–Crippen MR) is 68.3 cm³/mol. The van der Waals surface area contributed by atoms with Gasteiger partial charge >= 0.3 is 0 Å². The summed E-state index contributed by atoms with van der Waals surface area (Å²) in [5, 5.41) is 0. The van der Waals surface area contributed by atoms with E-state index in [0.29, 0.717) is 18.4 Å². The molecule has 0 bridgehead atoms. The topological polar surface area (TPSA) is 20.3 Å². The Hall–Kier alpha value is -0.530. The Morgan fingerprint density at radius 1 is 1.31 bits per heavy atom. The monoisotopic (exact) mass is 225 g/mol. The van der Waals surface area contributed by atoms with E-state index in [2.05, 4.69) is 25.7 Å². The molecule has 16 heavy (non-hydrogen) atoms. The van der Waals surface area contributed by atoms with E-state index in [4.69, 9.17) is 0 Å². The molecule has 94 valence electrons. The van der Waals surface area contributed by atoms with Gasteiger partial charge in [-0.3, -0.25) is 4.79 Å². The largest absolute Gasteiger partial charge is 0.339 e. The highest BCUT2D eigenvalue weighted by atomic mass is 16.2. The number of hydrogen-bond acceptors (Lipinski definition) is 1. The fraction of sp³-hybridized carbons (Fsp3) is 0.929. The average Bonchev–Trinajstić information content (AvgIpc) is 2.12. The molecule has 0 radical (unpaired) electrons. The van der Waals surface area contributed by atoms with Crippen LogP contribution >= 0.6 is 0 Å². The molecule has 0 aromatic rings. The molecule has 1 fully saturated rings. The Morgan fingerprint density at radius 2 is 1.94 bits per heavy atom. The Morgan fingerprint density at radius 3 is 2.31 bits per heavy atom. The van der Waals surface area contributed by atoms with Gasteiger partial charge < -0.3 is 4.90 Å². The molecule has 1 aliphatic carbocycles. The summed E-state index contributed by atoms with van der Waals surface area (Å²) in [6.45, 7) is 9.70. The fourth-order valence-electron chi connectivity index (χ4n) is 2.54. The van der Waals surface area contributed by atoms with Gasteiger partial charge in [0.05, 0.1) is 0 Å². The van der Waals surface area contributed by atoms with Gasteiger partial charge in [0, 0.05) is 19.0 Å². The molecule has 2 nitrogen and oxygen atoms in total. The molecule has 0 aromatic heterocycles. The Balaban J connectivity index is 2.58. The van der Waals surface area contributed by atoms with Crippen LogP contribution in [0.5, 0.6) is 0 Å². The third-order valence-corrected chi connectivity index (χ3v) is 3.66. The molecule has 0 saturated heterocycles. The van der Waals surface area contributed by atoms with E-state index in [1.807, 2.05) is 6.92 Å². The Kier molecular flexibility index (Phi) is 4.82. The van der Waals surface area contributed by atoms with Crippen molar-refractivity contribution >= 4 is 5.91 Å². The minimum absolute atomic E-state index is 0.273. The zero-order valence-electron chi connectivity index (χ0n) is 11.4. The van der Waals surface area contributed by atoms with E-state index in [1.54, 1.807) is 0 Å². The third-order valence-electron chi connectivity index (χ3n) is 3.66. The molecule has 0 atom stereocenters. The van der Waals surface area contributed by atoms with Crippen molar-refractivity contribution in [1.29, 1.82) is 0 Å². The van der Waals surface area contributed by atoms with Crippen molar-refractivity contribution in [2.45, 2.75) is 72.3 Å². The molecule has 0 aromatic carbocycles. The van der Waals surface area contributed by atoms with Gasteiger partial charge in [0.1, 0.15) is 0 Å².